The normalized spacial score (nSPS) is 10.2. The number of aromatic nitrogens is 3. The van der Waals surface area contributed by atoms with Crippen LogP contribution < -0.4 is 20.1 Å². The Morgan fingerprint density at radius 2 is 1.72 bits per heavy atom. The number of methoxy groups -OCH3 is 2. The highest BCUT2D eigenvalue weighted by Gasteiger charge is 2.07. The Bertz CT molecular complexity index is 870. The first-order valence-electron chi connectivity index (χ1n) is 7.71. The summed E-state index contributed by atoms with van der Waals surface area (Å²) in [5.74, 6) is 2.28. The van der Waals surface area contributed by atoms with E-state index in [4.69, 9.17) is 9.47 Å². The third kappa shape index (κ3) is 3.95. The Balaban J connectivity index is 1.79. The second kappa shape index (κ2) is 7.48. The van der Waals surface area contributed by atoms with Crippen molar-refractivity contribution < 1.29 is 9.47 Å². The number of rotatable bonds is 6. The molecule has 0 atom stereocenters. The number of hydrogen-bond acceptors (Lipinski definition) is 7. The lowest BCUT2D eigenvalue weighted by molar-refractivity contribution is 0.355. The molecule has 0 saturated carbocycles. The maximum absolute atomic E-state index is 5.30. The lowest BCUT2D eigenvalue weighted by atomic mass is 10.2. The molecule has 0 radical (unpaired) electrons. The number of anilines is 4. The van der Waals surface area contributed by atoms with Gasteiger partial charge in [0, 0.05) is 17.4 Å². The summed E-state index contributed by atoms with van der Waals surface area (Å²) >= 11 is 0. The van der Waals surface area contributed by atoms with E-state index in [-0.39, 0.29) is 0 Å². The van der Waals surface area contributed by atoms with E-state index in [2.05, 4.69) is 25.8 Å². The van der Waals surface area contributed by atoms with E-state index >= 15 is 0 Å². The molecule has 2 N–H and O–H groups in total. The highest BCUT2D eigenvalue weighted by atomic mass is 16.5. The van der Waals surface area contributed by atoms with Gasteiger partial charge in [-0.05, 0) is 30.7 Å². The standard InChI is InChI=1S/C18H19N5O2/c1-12-6-4-5-7-14(12)21-18-22-17(11-19-23-18)20-13-8-9-15(24-2)16(10-13)25-3/h4-11H,1-3H3,(H2,20,21,22,23). The summed E-state index contributed by atoms with van der Waals surface area (Å²) < 4.78 is 10.5. The summed E-state index contributed by atoms with van der Waals surface area (Å²) in [5.41, 5.74) is 2.84. The number of hydrogen-bond donors (Lipinski definition) is 2. The van der Waals surface area contributed by atoms with Crippen molar-refractivity contribution in [3.8, 4) is 11.5 Å². The molecule has 7 nitrogen and oxygen atoms in total. The van der Waals surface area contributed by atoms with Gasteiger partial charge in [0.2, 0.25) is 5.95 Å². The lowest BCUT2D eigenvalue weighted by Gasteiger charge is -2.11. The van der Waals surface area contributed by atoms with Gasteiger partial charge >= 0.3 is 0 Å². The Labute approximate surface area is 146 Å². The van der Waals surface area contributed by atoms with Crippen LogP contribution in [0.15, 0.2) is 48.7 Å². The van der Waals surface area contributed by atoms with Gasteiger partial charge in [0.15, 0.2) is 17.3 Å². The van der Waals surface area contributed by atoms with Gasteiger partial charge in [-0.3, -0.25) is 0 Å². The molecular formula is C18H19N5O2. The molecule has 1 aromatic heterocycles. The summed E-state index contributed by atoms with van der Waals surface area (Å²) in [7, 11) is 3.20. The molecule has 0 amide bonds. The SMILES string of the molecule is COc1ccc(Nc2cnnc(Nc3ccccc3C)n2)cc1OC. The molecule has 0 aliphatic carbocycles. The highest BCUT2D eigenvalue weighted by molar-refractivity contribution is 5.63. The van der Waals surface area contributed by atoms with E-state index in [1.165, 1.54) is 0 Å². The van der Waals surface area contributed by atoms with Crippen LogP contribution in [0.25, 0.3) is 0 Å². The van der Waals surface area contributed by atoms with Crippen molar-refractivity contribution in [1.29, 1.82) is 0 Å². The maximum Gasteiger partial charge on any atom is 0.249 e. The molecule has 0 bridgehead atoms. The predicted octanol–water partition coefficient (Wildman–Crippen LogP) is 3.68. The highest BCUT2D eigenvalue weighted by Crippen LogP contribution is 2.30. The van der Waals surface area contributed by atoms with Crippen LogP contribution in [0.3, 0.4) is 0 Å². The van der Waals surface area contributed by atoms with E-state index in [1.807, 2.05) is 49.4 Å². The van der Waals surface area contributed by atoms with Crippen molar-refractivity contribution in [2.24, 2.45) is 0 Å². The minimum Gasteiger partial charge on any atom is -0.493 e. The number of nitrogens with one attached hydrogen (secondary N) is 2. The Morgan fingerprint density at radius 3 is 2.48 bits per heavy atom. The van der Waals surface area contributed by atoms with Crippen LogP contribution >= 0.6 is 0 Å². The summed E-state index contributed by atoms with van der Waals surface area (Å²) in [6.45, 7) is 2.02. The second-order valence-corrected chi connectivity index (χ2v) is 5.30. The molecule has 128 valence electrons. The van der Waals surface area contributed by atoms with Crippen LogP contribution in [0.2, 0.25) is 0 Å². The fourth-order valence-corrected chi connectivity index (χ4v) is 2.31. The van der Waals surface area contributed by atoms with Crippen LogP contribution in [-0.2, 0) is 0 Å². The van der Waals surface area contributed by atoms with Gasteiger partial charge in [-0.15, -0.1) is 5.10 Å². The van der Waals surface area contributed by atoms with Crippen LogP contribution in [0.4, 0.5) is 23.1 Å². The first kappa shape index (κ1) is 16.5. The molecule has 0 spiro atoms. The molecule has 0 fully saturated rings. The summed E-state index contributed by atoms with van der Waals surface area (Å²) in [6, 6.07) is 13.4. The molecule has 0 saturated heterocycles. The minimum atomic E-state index is 0.416. The number of benzene rings is 2. The van der Waals surface area contributed by atoms with E-state index in [9.17, 15) is 0 Å². The van der Waals surface area contributed by atoms with Crippen LogP contribution in [0.1, 0.15) is 5.56 Å². The zero-order chi connectivity index (χ0) is 17.6. The van der Waals surface area contributed by atoms with Gasteiger partial charge in [0.25, 0.3) is 0 Å². The van der Waals surface area contributed by atoms with Crippen molar-refractivity contribution >= 4 is 23.1 Å². The molecule has 3 aromatic rings. The largest absolute Gasteiger partial charge is 0.493 e. The Hall–Kier alpha value is -3.35. The lowest BCUT2D eigenvalue weighted by Crippen LogP contribution is -2.03. The molecule has 0 aliphatic heterocycles. The molecule has 25 heavy (non-hydrogen) atoms. The first-order chi connectivity index (χ1) is 12.2. The Kier molecular flexibility index (Phi) is 4.94. The van der Waals surface area contributed by atoms with Crippen molar-refractivity contribution in [3.63, 3.8) is 0 Å². The second-order valence-electron chi connectivity index (χ2n) is 5.30. The fourth-order valence-electron chi connectivity index (χ4n) is 2.31. The maximum atomic E-state index is 5.30. The predicted molar refractivity (Wildman–Crippen MR) is 97.1 cm³/mol. The average Bonchev–Trinajstić information content (AvgIpc) is 2.64. The van der Waals surface area contributed by atoms with Crippen LogP contribution in [-0.4, -0.2) is 29.4 Å². The van der Waals surface area contributed by atoms with Gasteiger partial charge in [-0.25, -0.2) is 0 Å². The molecule has 3 rings (SSSR count). The topological polar surface area (TPSA) is 81.2 Å². The van der Waals surface area contributed by atoms with Gasteiger partial charge < -0.3 is 20.1 Å². The van der Waals surface area contributed by atoms with Crippen molar-refractivity contribution in [2.45, 2.75) is 6.92 Å². The van der Waals surface area contributed by atoms with E-state index in [0.717, 1.165) is 16.9 Å². The molecule has 1 heterocycles. The minimum absolute atomic E-state index is 0.416. The van der Waals surface area contributed by atoms with E-state index in [1.54, 1.807) is 20.4 Å². The Morgan fingerprint density at radius 1 is 0.920 bits per heavy atom. The quantitative estimate of drug-likeness (QED) is 0.710. The number of aryl methyl sites for hydroxylation is 1. The van der Waals surface area contributed by atoms with Crippen LogP contribution in [0.5, 0.6) is 11.5 Å². The van der Waals surface area contributed by atoms with Crippen molar-refractivity contribution in [1.82, 2.24) is 15.2 Å². The average molecular weight is 337 g/mol. The van der Waals surface area contributed by atoms with Crippen molar-refractivity contribution in [3.05, 3.63) is 54.2 Å². The summed E-state index contributed by atoms with van der Waals surface area (Å²) in [4.78, 5) is 4.43. The number of nitrogens with zero attached hydrogens (tertiary/aromatic N) is 3. The van der Waals surface area contributed by atoms with Crippen molar-refractivity contribution in [2.75, 3.05) is 24.9 Å². The van der Waals surface area contributed by atoms with E-state index < -0.39 is 0 Å². The fraction of sp³-hybridized carbons (Fsp3) is 0.167. The smallest absolute Gasteiger partial charge is 0.249 e. The molecule has 2 aromatic carbocycles. The third-order valence-corrected chi connectivity index (χ3v) is 3.61. The van der Waals surface area contributed by atoms with Gasteiger partial charge in [0.1, 0.15) is 0 Å². The molecule has 7 heteroatoms. The van der Waals surface area contributed by atoms with E-state index in [0.29, 0.717) is 23.3 Å². The first-order valence-corrected chi connectivity index (χ1v) is 7.71. The van der Waals surface area contributed by atoms with Gasteiger partial charge in [-0.1, -0.05) is 18.2 Å². The monoisotopic (exact) mass is 337 g/mol. The molecule has 0 unspecified atom stereocenters. The zero-order valence-corrected chi connectivity index (χ0v) is 14.3. The number of ether oxygens (including phenoxy) is 2. The number of para-hydroxylation sites is 1. The summed E-state index contributed by atoms with van der Waals surface area (Å²) in [6.07, 6.45) is 1.56. The van der Waals surface area contributed by atoms with Gasteiger partial charge in [-0.2, -0.15) is 10.1 Å². The summed E-state index contributed by atoms with van der Waals surface area (Å²) in [5, 5.41) is 14.4. The molecular weight excluding hydrogens is 318 g/mol. The molecule has 0 aliphatic rings. The van der Waals surface area contributed by atoms with Crippen LogP contribution in [0, 0.1) is 6.92 Å². The third-order valence-electron chi connectivity index (χ3n) is 3.61. The zero-order valence-electron chi connectivity index (χ0n) is 14.3. The van der Waals surface area contributed by atoms with Gasteiger partial charge in [0.05, 0.1) is 20.4 Å².